The molecule has 324 valence electrons. The molecule has 4 amide bonds. The van der Waals surface area contributed by atoms with Crippen LogP contribution in [0.1, 0.15) is 70.5 Å². The van der Waals surface area contributed by atoms with Crippen LogP contribution in [-0.4, -0.2) is 91.8 Å². The Hall–Kier alpha value is -7.55. The highest BCUT2D eigenvalue weighted by atomic mass is 16.5. The number of carbonyl (C=O) groups is 5. The minimum absolute atomic E-state index is 0.154. The molecule has 2 aromatic carbocycles. The van der Waals surface area contributed by atoms with Gasteiger partial charge >= 0.3 is 0 Å². The largest absolute Gasteiger partial charge is 0.494 e. The molecule has 61 heavy (non-hydrogen) atoms. The molecule has 5 rings (SSSR count). The molecule has 0 aliphatic heterocycles. The number of nitrogens with two attached hydrogens (primary N) is 4. The number of allylic oxidation sites excluding steroid dienone is 4. The van der Waals surface area contributed by atoms with Gasteiger partial charge in [-0.1, -0.05) is 12.2 Å². The van der Waals surface area contributed by atoms with E-state index in [0.717, 1.165) is 0 Å². The molecule has 0 bridgehead atoms. The molecule has 0 aliphatic carbocycles. The molecule has 0 atom stereocenters. The molecule has 0 saturated heterocycles. The van der Waals surface area contributed by atoms with Crippen molar-refractivity contribution in [1.29, 1.82) is 0 Å². The third kappa shape index (κ3) is 11.6. The molecule has 11 N–H and O–H groups in total. The lowest BCUT2D eigenvalue weighted by Crippen LogP contribution is -2.30. The molecule has 0 saturated carbocycles. The number of hydrazine groups is 1. The van der Waals surface area contributed by atoms with E-state index in [-0.39, 0.29) is 42.6 Å². The Balaban J connectivity index is 0.000000727. The van der Waals surface area contributed by atoms with Crippen LogP contribution in [0.3, 0.4) is 0 Å². The minimum atomic E-state index is -0.655. The molecule has 0 fully saturated rings. The fraction of sp³-hybridized carbons (Fsp3) is 0.325. The van der Waals surface area contributed by atoms with Crippen LogP contribution in [0.2, 0.25) is 0 Å². The Bertz CT molecular complexity index is 2510. The summed E-state index contributed by atoms with van der Waals surface area (Å²) in [4.78, 5) is 72.6. The smallest absolute Gasteiger partial charge is 0.276 e. The van der Waals surface area contributed by atoms with Gasteiger partial charge in [0.2, 0.25) is 29.6 Å². The number of benzene rings is 2. The number of ether oxygens (including phenoxy) is 2. The number of aryl methyl sites for hydroxylation is 2. The van der Waals surface area contributed by atoms with Crippen molar-refractivity contribution in [3.05, 3.63) is 76.8 Å². The number of hydrogen-bond acceptors (Lipinski definition) is 14. The van der Waals surface area contributed by atoms with Crippen LogP contribution in [0, 0.1) is 6.92 Å². The topological polar surface area (TPSA) is 310 Å². The van der Waals surface area contributed by atoms with Gasteiger partial charge in [-0.15, -0.1) is 0 Å². The Morgan fingerprint density at radius 1 is 0.885 bits per heavy atom. The maximum absolute atomic E-state index is 13.5. The van der Waals surface area contributed by atoms with Gasteiger partial charge in [-0.05, 0) is 70.5 Å². The van der Waals surface area contributed by atoms with Gasteiger partial charge in [-0.25, -0.2) is 15.8 Å². The van der Waals surface area contributed by atoms with Crippen LogP contribution in [0.4, 0.5) is 11.9 Å². The van der Waals surface area contributed by atoms with E-state index in [1.54, 1.807) is 54.4 Å². The van der Waals surface area contributed by atoms with Crippen LogP contribution in [-0.2, 0) is 29.2 Å². The van der Waals surface area contributed by atoms with Gasteiger partial charge in [-0.2, -0.15) is 5.10 Å². The van der Waals surface area contributed by atoms with Crippen molar-refractivity contribution in [3.8, 4) is 11.5 Å². The number of nitrogens with one attached hydrogen (secondary N) is 3. The number of hydrogen-bond donors (Lipinski definition) is 7. The van der Waals surface area contributed by atoms with Gasteiger partial charge in [0.25, 0.3) is 5.91 Å². The number of imidazole rings is 2. The van der Waals surface area contributed by atoms with E-state index < -0.39 is 17.7 Å². The first-order valence-electron chi connectivity index (χ1n) is 19.2. The van der Waals surface area contributed by atoms with Gasteiger partial charge in [-0.3, -0.25) is 44.4 Å². The zero-order chi connectivity index (χ0) is 44.8. The number of aldehydes is 1. The summed E-state index contributed by atoms with van der Waals surface area (Å²) in [6, 6.07) is 7.87. The first kappa shape index (κ1) is 46.1. The number of fused-ring (bicyclic) bond motifs is 2. The number of aliphatic imine (C=N–C) groups is 1. The summed E-state index contributed by atoms with van der Waals surface area (Å²) in [6.07, 6.45) is 6.53. The summed E-state index contributed by atoms with van der Waals surface area (Å²) < 4.78 is 16.9. The summed E-state index contributed by atoms with van der Waals surface area (Å²) in [7, 11) is 3.18. The molecule has 21 nitrogen and oxygen atoms in total. The zero-order valence-electron chi connectivity index (χ0n) is 34.9. The molecule has 0 aliphatic rings. The van der Waals surface area contributed by atoms with Crippen molar-refractivity contribution >= 4 is 69.6 Å². The van der Waals surface area contributed by atoms with Crippen LogP contribution in [0.15, 0.2) is 59.2 Å². The average molecular weight is 841 g/mol. The third-order valence-electron chi connectivity index (χ3n) is 8.83. The molecule has 0 radical (unpaired) electrons. The van der Waals surface area contributed by atoms with Crippen LogP contribution in [0.5, 0.6) is 11.5 Å². The molecular weight excluding hydrogens is 789 g/mol. The van der Waals surface area contributed by atoms with Crippen LogP contribution >= 0.6 is 0 Å². The van der Waals surface area contributed by atoms with E-state index in [0.29, 0.717) is 94.7 Å². The summed E-state index contributed by atoms with van der Waals surface area (Å²) in [5, 5.41) is 10.3. The third-order valence-corrected chi connectivity index (χ3v) is 8.83. The minimum Gasteiger partial charge on any atom is -0.494 e. The molecular formula is C40H52N14O7. The lowest BCUT2D eigenvalue weighted by atomic mass is 10.1. The first-order valence-corrected chi connectivity index (χ1v) is 19.2. The van der Waals surface area contributed by atoms with Gasteiger partial charge in [0.15, 0.2) is 6.29 Å². The van der Waals surface area contributed by atoms with E-state index in [1.807, 2.05) is 30.6 Å². The van der Waals surface area contributed by atoms with Crippen LogP contribution in [0.25, 0.3) is 22.1 Å². The van der Waals surface area contributed by atoms with E-state index in [4.69, 9.17) is 32.5 Å². The predicted octanol–water partition coefficient (Wildman–Crippen LogP) is 2.33. The summed E-state index contributed by atoms with van der Waals surface area (Å²) in [5.74, 6) is 4.54. The highest BCUT2D eigenvalue weighted by Crippen LogP contribution is 2.33. The standard InChI is InChI=1S/C33H40N12O6.C7H12N2O/c1-5-45-23(13-18(2)42-45)31(49)40-33-39-21-14-19(29(34)47)16-24(50-4)27(21)44(33)11-7-6-10-43-28-22(38-32(43)37-3)15-20(30(35)48)17-25(28)51-12-8-9-26(46)41-36;1-3-9-7(5-10)4-6(2)8/h6-7,13-17H,5,8-12,36H2,1-4H3,(H2,34,47)(H2,35,48)(H,37,38)(H,41,46)(H,39,40,49);4-5H,3,8H2,1-2H3/b7-6+;6-4-,9-7?. The number of primary amides is 2. The van der Waals surface area contributed by atoms with Gasteiger partial charge in [0, 0.05) is 56.5 Å². The number of carbonyl (C=O) groups excluding carboxylic acids is 5. The van der Waals surface area contributed by atoms with Crippen molar-refractivity contribution in [2.24, 2.45) is 28.0 Å². The second-order valence-corrected chi connectivity index (χ2v) is 13.3. The average Bonchev–Trinajstić information content (AvgIpc) is 3.92. The Morgan fingerprint density at radius 3 is 2.00 bits per heavy atom. The maximum atomic E-state index is 13.5. The molecule has 0 unspecified atom stereocenters. The fourth-order valence-electron chi connectivity index (χ4n) is 6.17. The number of nitrogens with zero attached hydrogens (tertiary/aromatic N) is 7. The number of anilines is 2. The van der Waals surface area contributed by atoms with Crippen molar-refractivity contribution in [1.82, 2.24) is 34.3 Å². The second-order valence-electron chi connectivity index (χ2n) is 13.3. The maximum Gasteiger partial charge on any atom is 0.276 e. The lowest BCUT2D eigenvalue weighted by molar-refractivity contribution is -0.121. The van der Waals surface area contributed by atoms with E-state index >= 15 is 0 Å². The first-order chi connectivity index (χ1) is 29.2. The highest BCUT2D eigenvalue weighted by molar-refractivity contribution is 6.33. The molecule has 5 aromatic rings. The summed E-state index contributed by atoms with van der Waals surface area (Å²) >= 11 is 0. The van der Waals surface area contributed by atoms with E-state index in [1.165, 1.54) is 19.2 Å². The lowest BCUT2D eigenvalue weighted by Gasteiger charge is -2.13. The quantitative estimate of drug-likeness (QED) is 0.0120. The van der Waals surface area contributed by atoms with E-state index in [9.17, 15) is 24.0 Å². The normalized spacial score (nSPS) is 11.7. The number of methoxy groups -OCH3 is 1. The number of rotatable bonds is 19. The highest BCUT2D eigenvalue weighted by Gasteiger charge is 2.22. The Kier molecular flexibility index (Phi) is 16.2. The molecule has 3 aromatic heterocycles. The Morgan fingerprint density at radius 2 is 1.48 bits per heavy atom. The van der Waals surface area contributed by atoms with Crippen molar-refractivity contribution < 1.29 is 33.4 Å². The fourth-order valence-corrected chi connectivity index (χ4v) is 6.17. The Labute approximate surface area is 351 Å². The predicted molar refractivity (Wildman–Crippen MR) is 231 cm³/mol. The van der Waals surface area contributed by atoms with Crippen molar-refractivity contribution in [2.45, 2.75) is 60.2 Å². The monoisotopic (exact) mass is 840 g/mol. The molecule has 21 heteroatoms. The summed E-state index contributed by atoms with van der Waals surface area (Å²) in [5.41, 5.74) is 23.0. The molecule has 0 spiro atoms. The van der Waals surface area contributed by atoms with Gasteiger partial charge in [0.05, 0.1) is 36.2 Å². The number of amides is 4. The van der Waals surface area contributed by atoms with E-state index in [2.05, 4.69) is 36.1 Å². The summed E-state index contributed by atoms with van der Waals surface area (Å²) in [6.45, 7) is 9.07. The molecule has 3 heterocycles. The second kappa shape index (κ2) is 21.5. The van der Waals surface area contributed by atoms with Gasteiger partial charge in [0.1, 0.15) is 28.2 Å². The van der Waals surface area contributed by atoms with Gasteiger partial charge < -0.3 is 41.1 Å². The zero-order valence-corrected chi connectivity index (χ0v) is 34.9. The van der Waals surface area contributed by atoms with Crippen molar-refractivity contribution in [3.63, 3.8) is 0 Å². The van der Waals surface area contributed by atoms with Crippen molar-refractivity contribution in [2.75, 3.05) is 37.9 Å². The number of aromatic nitrogens is 6. The van der Waals surface area contributed by atoms with Crippen LogP contribution < -0.4 is 48.6 Å². The SMILES string of the molecule is CCN=C(C=O)/C=C(/C)N.CCn1nc(C)cc1C(=O)Nc1nc2cc(C(N)=O)cc(OC)c2n1C/C=C/Cn1c(NC)nc2cc(C(N)=O)cc(OCCCC(=O)NN)c21.